The summed E-state index contributed by atoms with van der Waals surface area (Å²) in [5.41, 5.74) is 6.45. The molecule has 4 unspecified atom stereocenters. The van der Waals surface area contributed by atoms with E-state index in [1.807, 2.05) is 0 Å². The molecule has 2 heterocycles. The number of aromatic amines is 1. The number of thioether (sulfide) groups is 1. The van der Waals surface area contributed by atoms with Crippen molar-refractivity contribution in [2.45, 2.75) is 61.9 Å². The molecule has 1 aliphatic heterocycles. The molecule has 1 nitrogen and oxygen atoms in total. The molecule has 20 heavy (non-hydrogen) atoms. The van der Waals surface area contributed by atoms with E-state index in [-0.39, 0.29) is 0 Å². The first kappa shape index (κ1) is 12.0. The van der Waals surface area contributed by atoms with Gasteiger partial charge >= 0.3 is 0 Å². The highest BCUT2D eigenvalue weighted by molar-refractivity contribution is 8.00. The normalized spacial score (nSPS) is 38.0. The van der Waals surface area contributed by atoms with Crippen LogP contribution in [0.3, 0.4) is 0 Å². The van der Waals surface area contributed by atoms with Crippen LogP contribution in [0.2, 0.25) is 0 Å². The lowest BCUT2D eigenvalue weighted by Crippen LogP contribution is -2.25. The smallest absolute Gasteiger partial charge is 0.0355 e. The van der Waals surface area contributed by atoms with Gasteiger partial charge in [-0.2, -0.15) is 0 Å². The Hall–Kier alpha value is -0.630. The Balaban J connectivity index is 1.59. The van der Waals surface area contributed by atoms with Crippen molar-refractivity contribution in [3.63, 3.8) is 0 Å². The van der Waals surface area contributed by atoms with Gasteiger partial charge in [0.05, 0.1) is 0 Å². The molecule has 0 spiro atoms. The third-order valence-electron chi connectivity index (χ3n) is 6.11. The van der Waals surface area contributed by atoms with Gasteiger partial charge in [0.25, 0.3) is 0 Å². The number of allylic oxidation sites excluding steroid dienone is 1. The Kier molecular flexibility index (Phi) is 2.65. The second-order valence-electron chi connectivity index (χ2n) is 7.10. The van der Waals surface area contributed by atoms with Crippen LogP contribution < -0.4 is 0 Å². The van der Waals surface area contributed by atoms with E-state index in [9.17, 15) is 0 Å². The number of fused-ring (bicyclic) bond motifs is 7. The van der Waals surface area contributed by atoms with E-state index in [1.165, 1.54) is 57.1 Å². The number of nitrogens with one attached hydrogen (secondary N) is 1. The van der Waals surface area contributed by atoms with Crippen molar-refractivity contribution in [1.82, 2.24) is 4.98 Å². The van der Waals surface area contributed by atoms with Gasteiger partial charge in [0.1, 0.15) is 0 Å². The van der Waals surface area contributed by atoms with Gasteiger partial charge in [0, 0.05) is 21.9 Å². The van der Waals surface area contributed by atoms with Crippen molar-refractivity contribution in [2.75, 3.05) is 0 Å². The predicted molar refractivity (Wildman–Crippen MR) is 86.0 cm³/mol. The van der Waals surface area contributed by atoms with E-state index in [0.717, 1.165) is 22.3 Å². The van der Waals surface area contributed by atoms with Crippen LogP contribution in [0.25, 0.3) is 6.08 Å². The number of aryl methyl sites for hydroxylation is 2. The van der Waals surface area contributed by atoms with Crippen LogP contribution in [-0.2, 0) is 12.8 Å². The molecule has 0 amide bonds. The minimum Gasteiger partial charge on any atom is -0.361 e. The zero-order valence-corrected chi connectivity index (χ0v) is 12.8. The predicted octanol–water partition coefficient (Wildman–Crippen LogP) is 4.88. The Morgan fingerprint density at radius 1 is 1.00 bits per heavy atom. The fourth-order valence-electron chi connectivity index (χ4n) is 5.24. The standard InChI is InChI=1S/C18H23NS/c1-3-7-14-13(6-1)17-15(19-14)10-9-12-11-5-2-4-8-16(11)20-18(12)17/h1,6,11-12,16,18-19H,2-5,7-10H2. The molecule has 1 aromatic rings. The molecule has 4 aliphatic rings. The monoisotopic (exact) mass is 285 g/mol. The molecule has 1 aromatic heterocycles. The van der Waals surface area contributed by atoms with Gasteiger partial charge in [-0.1, -0.05) is 25.0 Å². The summed E-state index contributed by atoms with van der Waals surface area (Å²) < 4.78 is 0. The van der Waals surface area contributed by atoms with Gasteiger partial charge < -0.3 is 4.98 Å². The summed E-state index contributed by atoms with van der Waals surface area (Å²) in [7, 11) is 0. The summed E-state index contributed by atoms with van der Waals surface area (Å²) in [5.74, 6) is 2.01. The van der Waals surface area contributed by atoms with Crippen molar-refractivity contribution in [3.05, 3.63) is 28.6 Å². The number of hydrogen-bond donors (Lipinski definition) is 1. The van der Waals surface area contributed by atoms with Crippen molar-refractivity contribution < 1.29 is 0 Å². The minimum absolute atomic E-state index is 0.814. The van der Waals surface area contributed by atoms with Gasteiger partial charge in [0.15, 0.2) is 0 Å². The largest absolute Gasteiger partial charge is 0.361 e. The third-order valence-corrected chi connectivity index (χ3v) is 7.93. The number of rotatable bonds is 0. The molecule has 3 aliphatic carbocycles. The second kappa shape index (κ2) is 4.43. The number of aromatic nitrogens is 1. The summed E-state index contributed by atoms with van der Waals surface area (Å²) in [4.78, 5) is 3.78. The van der Waals surface area contributed by atoms with Gasteiger partial charge in [-0.3, -0.25) is 0 Å². The van der Waals surface area contributed by atoms with Gasteiger partial charge in [-0.15, -0.1) is 11.8 Å². The van der Waals surface area contributed by atoms with Crippen LogP contribution in [0.4, 0.5) is 0 Å². The molecule has 2 heteroatoms. The Bertz CT molecular complexity index is 570. The molecule has 5 rings (SSSR count). The SMILES string of the molecule is C1=Cc2c([nH]c3c2C2SC4CCCCC4C2CC3)CC1. The summed E-state index contributed by atoms with van der Waals surface area (Å²) >= 11 is 2.34. The zero-order chi connectivity index (χ0) is 13.1. The van der Waals surface area contributed by atoms with Crippen LogP contribution in [0.1, 0.15) is 66.3 Å². The Morgan fingerprint density at radius 3 is 2.95 bits per heavy atom. The number of hydrogen-bond acceptors (Lipinski definition) is 1. The molecule has 106 valence electrons. The second-order valence-corrected chi connectivity index (χ2v) is 8.48. The maximum atomic E-state index is 3.78. The maximum absolute atomic E-state index is 3.78. The fraction of sp³-hybridized carbons (Fsp3) is 0.667. The molecule has 1 saturated carbocycles. The fourth-order valence-corrected chi connectivity index (χ4v) is 7.40. The lowest BCUT2D eigenvalue weighted by atomic mass is 9.72. The molecule has 0 radical (unpaired) electrons. The highest BCUT2D eigenvalue weighted by Gasteiger charge is 2.48. The Morgan fingerprint density at radius 2 is 1.95 bits per heavy atom. The van der Waals surface area contributed by atoms with Gasteiger partial charge in [-0.25, -0.2) is 0 Å². The first-order valence-corrected chi connectivity index (χ1v) is 9.41. The van der Waals surface area contributed by atoms with Crippen LogP contribution in [-0.4, -0.2) is 10.2 Å². The van der Waals surface area contributed by atoms with E-state index in [2.05, 4.69) is 28.9 Å². The quantitative estimate of drug-likeness (QED) is 0.718. The molecular formula is C18H23NS. The molecule has 2 fully saturated rings. The summed E-state index contributed by atoms with van der Waals surface area (Å²) in [5, 5.41) is 1.79. The first-order valence-electron chi connectivity index (χ1n) is 8.47. The van der Waals surface area contributed by atoms with Crippen LogP contribution >= 0.6 is 11.8 Å². The van der Waals surface area contributed by atoms with Crippen molar-refractivity contribution in [2.24, 2.45) is 11.8 Å². The van der Waals surface area contributed by atoms with E-state index < -0.39 is 0 Å². The lowest BCUT2D eigenvalue weighted by Gasteiger charge is -2.31. The minimum atomic E-state index is 0.814. The van der Waals surface area contributed by atoms with Gasteiger partial charge in [0.2, 0.25) is 0 Å². The molecule has 1 N–H and O–H groups in total. The van der Waals surface area contributed by atoms with E-state index in [0.29, 0.717) is 0 Å². The third kappa shape index (κ3) is 1.57. The molecule has 4 atom stereocenters. The average molecular weight is 285 g/mol. The van der Waals surface area contributed by atoms with E-state index >= 15 is 0 Å². The van der Waals surface area contributed by atoms with E-state index in [1.54, 1.807) is 16.8 Å². The van der Waals surface area contributed by atoms with Crippen LogP contribution in [0.5, 0.6) is 0 Å². The lowest BCUT2D eigenvalue weighted by molar-refractivity contribution is 0.254. The molecule has 0 aromatic carbocycles. The summed E-state index contributed by atoms with van der Waals surface area (Å²) in [6, 6.07) is 0. The summed E-state index contributed by atoms with van der Waals surface area (Å²) in [6.07, 6.45) is 16.0. The molecular weight excluding hydrogens is 262 g/mol. The molecule has 0 bridgehead atoms. The van der Waals surface area contributed by atoms with E-state index in [4.69, 9.17) is 0 Å². The van der Waals surface area contributed by atoms with Gasteiger partial charge in [-0.05, 0) is 61.5 Å². The maximum Gasteiger partial charge on any atom is 0.0355 e. The number of H-pyrrole nitrogens is 1. The topological polar surface area (TPSA) is 15.8 Å². The Labute approximate surface area is 125 Å². The highest BCUT2D eigenvalue weighted by Crippen LogP contribution is 2.61. The summed E-state index contributed by atoms with van der Waals surface area (Å²) in [6.45, 7) is 0. The van der Waals surface area contributed by atoms with Crippen molar-refractivity contribution >= 4 is 17.8 Å². The van der Waals surface area contributed by atoms with Crippen LogP contribution in [0, 0.1) is 11.8 Å². The highest BCUT2D eigenvalue weighted by atomic mass is 32.2. The molecule has 1 saturated heterocycles. The van der Waals surface area contributed by atoms with Crippen molar-refractivity contribution in [3.8, 4) is 0 Å². The zero-order valence-electron chi connectivity index (χ0n) is 12.0. The first-order chi connectivity index (χ1) is 9.92. The van der Waals surface area contributed by atoms with Crippen molar-refractivity contribution in [1.29, 1.82) is 0 Å². The average Bonchev–Trinajstić information content (AvgIpc) is 3.04. The van der Waals surface area contributed by atoms with Crippen LogP contribution in [0.15, 0.2) is 6.08 Å².